The van der Waals surface area contributed by atoms with E-state index >= 15 is 0 Å². The molecule has 6 nitrogen and oxygen atoms in total. The fourth-order valence-electron chi connectivity index (χ4n) is 1.13. The zero-order valence-electron chi connectivity index (χ0n) is 9.68. The first-order chi connectivity index (χ1) is 9.02. The summed E-state index contributed by atoms with van der Waals surface area (Å²) in [6.07, 6.45) is 1.08. The Morgan fingerprint density at radius 3 is 2.79 bits per heavy atom. The fourth-order valence-corrected chi connectivity index (χ4v) is 1.13. The summed E-state index contributed by atoms with van der Waals surface area (Å²) in [5.74, 6) is -2.51. The smallest absolute Gasteiger partial charge is 0.322 e. The van der Waals surface area contributed by atoms with Crippen molar-refractivity contribution in [1.29, 1.82) is 5.26 Å². The Bertz CT molecular complexity index is 564. The van der Waals surface area contributed by atoms with E-state index in [1.54, 1.807) is 12.1 Å². The SMILES string of the molecule is N#C/C(=C/Nc1cccc(F)c1)C(=O)NCC(=O)O. The lowest BCUT2D eigenvalue weighted by molar-refractivity contribution is -0.137. The molecule has 1 aromatic carbocycles. The number of amides is 1. The summed E-state index contributed by atoms with van der Waals surface area (Å²) in [6.45, 7) is -0.585. The van der Waals surface area contributed by atoms with Crippen molar-refractivity contribution in [3.8, 4) is 6.07 Å². The van der Waals surface area contributed by atoms with Gasteiger partial charge in [-0.2, -0.15) is 5.26 Å². The highest BCUT2D eigenvalue weighted by Gasteiger charge is 2.09. The number of carbonyl (C=O) groups excluding carboxylic acids is 1. The van der Waals surface area contributed by atoms with E-state index in [4.69, 9.17) is 10.4 Å². The molecule has 0 atom stereocenters. The van der Waals surface area contributed by atoms with Gasteiger partial charge in [0.1, 0.15) is 24.0 Å². The molecular weight excluding hydrogens is 253 g/mol. The van der Waals surface area contributed by atoms with Crippen molar-refractivity contribution in [3.05, 3.63) is 41.9 Å². The average Bonchev–Trinajstić information content (AvgIpc) is 2.37. The van der Waals surface area contributed by atoms with Crippen molar-refractivity contribution in [2.45, 2.75) is 0 Å². The molecule has 1 rings (SSSR count). The van der Waals surface area contributed by atoms with Crippen LogP contribution in [0.1, 0.15) is 0 Å². The van der Waals surface area contributed by atoms with Crippen molar-refractivity contribution in [1.82, 2.24) is 5.32 Å². The Morgan fingerprint density at radius 1 is 1.47 bits per heavy atom. The number of carboxylic acid groups (broad SMARTS) is 1. The van der Waals surface area contributed by atoms with Gasteiger partial charge in [0, 0.05) is 11.9 Å². The van der Waals surface area contributed by atoms with Crippen molar-refractivity contribution < 1.29 is 19.1 Å². The Morgan fingerprint density at radius 2 is 2.21 bits per heavy atom. The quantitative estimate of drug-likeness (QED) is 0.539. The zero-order valence-corrected chi connectivity index (χ0v) is 9.68. The Balaban J connectivity index is 2.69. The van der Waals surface area contributed by atoms with Crippen LogP contribution in [0.5, 0.6) is 0 Å². The lowest BCUT2D eigenvalue weighted by Gasteiger charge is -2.03. The van der Waals surface area contributed by atoms with Gasteiger partial charge >= 0.3 is 5.97 Å². The summed E-state index contributed by atoms with van der Waals surface area (Å²) in [5, 5.41) is 21.7. The molecule has 0 spiro atoms. The molecule has 0 heterocycles. The summed E-state index contributed by atoms with van der Waals surface area (Å²) < 4.78 is 12.9. The summed E-state index contributed by atoms with van der Waals surface area (Å²) in [6, 6.07) is 7.05. The number of benzene rings is 1. The molecule has 1 amide bonds. The maximum Gasteiger partial charge on any atom is 0.322 e. The molecule has 0 bridgehead atoms. The van der Waals surface area contributed by atoms with E-state index in [1.165, 1.54) is 18.2 Å². The van der Waals surface area contributed by atoms with Crippen LogP contribution in [0.3, 0.4) is 0 Å². The summed E-state index contributed by atoms with van der Waals surface area (Å²) >= 11 is 0. The molecule has 19 heavy (non-hydrogen) atoms. The first kappa shape index (κ1) is 14.2. The Kier molecular flexibility index (Phi) is 5.04. The third-order valence-electron chi connectivity index (χ3n) is 1.97. The lowest BCUT2D eigenvalue weighted by Crippen LogP contribution is -2.30. The van der Waals surface area contributed by atoms with E-state index in [1.807, 2.05) is 5.32 Å². The van der Waals surface area contributed by atoms with Gasteiger partial charge in [-0.25, -0.2) is 4.39 Å². The van der Waals surface area contributed by atoms with Crippen LogP contribution in [0.25, 0.3) is 0 Å². The van der Waals surface area contributed by atoms with Crippen LogP contribution in [0.2, 0.25) is 0 Å². The molecule has 0 aliphatic rings. The van der Waals surface area contributed by atoms with Crippen LogP contribution in [-0.2, 0) is 9.59 Å². The van der Waals surface area contributed by atoms with E-state index in [0.717, 1.165) is 6.20 Å². The molecule has 0 unspecified atom stereocenters. The highest BCUT2D eigenvalue weighted by Crippen LogP contribution is 2.09. The summed E-state index contributed by atoms with van der Waals surface area (Å²) in [4.78, 5) is 21.6. The molecular formula is C12H10FN3O3. The predicted molar refractivity (Wildman–Crippen MR) is 64.4 cm³/mol. The van der Waals surface area contributed by atoms with Gasteiger partial charge in [0.25, 0.3) is 5.91 Å². The second-order valence-electron chi connectivity index (χ2n) is 3.40. The third-order valence-corrected chi connectivity index (χ3v) is 1.97. The molecule has 0 aromatic heterocycles. The number of rotatable bonds is 5. The molecule has 1 aromatic rings. The van der Waals surface area contributed by atoms with Crippen molar-refractivity contribution >= 4 is 17.6 Å². The highest BCUT2D eigenvalue weighted by molar-refractivity contribution is 5.98. The van der Waals surface area contributed by atoms with Crippen molar-refractivity contribution in [3.63, 3.8) is 0 Å². The number of anilines is 1. The first-order valence-electron chi connectivity index (χ1n) is 5.15. The van der Waals surface area contributed by atoms with Crippen LogP contribution >= 0.6 is 0 Å². The number of aliphatic carboxylic acids is 1. The minimum Gasteiger partial charge on any atom is -0.480 e. The van der Waals surface area contributed by atoms with Gasteiger partial charge in [-0.3, -0.25) is 9.59 Å². The van der Waals surface area contributed by atoms with Gasteiger partial charge in [0.2, 0.25) is 0 Å². The molecule has 0 aliphatic carbocycles. The fraction of sp³-hybridized carbons (Fsp3) is 0.0833. The number of hydrogen-bond acceptors (Lipinski definition) is 4. The Labute approximate surface area is 108 Å². The molecule has 0 radical (unpaired) electrons. The van der Waals surface area contributed by atoms with Crippen LogP contribution in [0.4, 0.5) is 10.1 Å². The number of nitriles is 1. The standard InChI is InChI=1S/C12H10FN3O3/c13-9-2-1-3-10(4-9)15-6-8(5-14)12(19)16-7-11(17)18/h1-4,6,15H,7H2,(H,16,19)(H,17,18)/b8-6-. The van der Waals surface area contributed by atoms with Crippen LogP contribution in [-0.4, -0.2) is 23.5 Å². The number of carboxylic acids is 1. The second kappa shape index (κ2) is 6.76. The lowest BCUT2D eigenvalue weighted by atomic mass is 10.2. The maximum absolute atomic E-state index is 12.9. The molecule has 0 aliphatic heterocycles. The van der Waals surface area contributed by atoms with Gasteiger partial charge < -0.3 is 15.7 Å². The summed E-state index contributed by atoms with van der Waals surface area (Å²) in [7, 11) is 0. The predicted octanol–water partition coefficient (Wildman–Crippen LogP) is 0.846. The van der Waals surface area contributed by atoms with Gasteiger partial charge in [-0.1, -0.05) is 6.07 Å². The normalized spacial score (nSPS) is 10.4. The molecule has 3 N–H and O–H groups in total. The summed E-state index contributed by atoms with van der Waals surface area (Å²) in [5.41, 5.74) is 0.0456. The van der Waals surface area contributed by atoms with Crippen LogP contribution in [0, 0.1) is 17.1 Å². The number of carbonyl (C=O) groups is 2. The minimum absolute atomic E-state index is 0.314. The van der Waals surface area contributed by atoms with Crippen LogP contribution in [0.15, 0.2) is 36.0 Å². The van der Waals surface area contributed by atoms with Gasteiger partial charge in [-0.15, -0.1) is 0 Å². The largest absolute Gasteiger partial charge is 0.480 e. The average molecular weight is 263 g/mol. The van der Waals surface area contributed by atoms with Crippen molar-refractivity contribution in [2.75, 3.05) is 11.9 Å². The highest BCUT2D eigenvalue weighted by atomic mass is 19.1. The van der Waals surface area contributed by atoms with E-state index in [9.17, 15) is 14.0 Å². The molecule has 0 saturated heterocycles. The van der Waals surface area contributed by atoms with Gasteiger partial charge in [0.15, 0.2) is 0 Å². The van der Waals surface area contributed by atoms with Crippen molar-refractivity contribution in [2.24, 2.45) is 0 Å². The van der Waals surface area contributed by atoms with Gasteiger partial charge in [-0.05, 0) is 18.2 Å². The van der Waals surface area contributed by atoms with E-state index in [0.29, 0.717) is 5.69 Å². The van der Waals surface area contributed by atoms with Crippen LogP contribution < -0.4 is 10.6 Å². The van der Waals surface area contributed by atoms with E-state index in [-0.39, 0.29) is 5.57 Å². The second-order valence-corrected chi connectivity index (χ2v) is 3.40. The molecule has 0 fully saturated rings. The maximum atomic E-state index is 12.9. The Hall–Kier alpha value is -2.88. The van der Waals surface area contributed by atoms with E-state index in [2.05, 4.69) is 5.32 Å². The topological polar surface area (TPSA) is 102 Å². The number of nitrogens with one attached hydrogen (secondary N) is 2. The zero-order chi connectivity index (χ0) is 14.3. The third kappa shape index (κ3) is 4.87. The number of halogens is 1. The number of hydrogen-bond donors (Lipinski definition) is 3. The molecule has 0 saturated carbocycles. The molecule has 98 valence electrons. The molecule has 7 heteroatoms. The van der Waals surface area contributed by atoms with Gasteiger partial charge in [0.05, 0.1) is 0 Å². The first-order valence-corrected chi connectivity index (χ1v) is 5.15. The monoisotopic (exact) mass is 263 g/mol. The minimum atomic E-state index is -1.22. The van der Waals surface area contributed by atoms with E-state index < -0.39 is 24.2 Å². The number of nitrogens with zero attached hydrogens (tertiary/aromatic N) is 1.